The van der Waals surface area contributed by atoms with E-state index < -0.39 is 5.82 Å². The molecule has 2 fully saturated rings. The fraction of sp³-hybridized carbons (Fsp3) is 0.350. The first-order valence-corrected chi connectivity index (χ1v) is 10.3. The van der Waals surface area contributed by atoms with Gasteiger partial charge in [0.1, 0.15) is 5.82 Å². The first-order chi connectivity index (χ1) is 14.5. The number of carbonyl (C=O) groups is 1. The highest BCUT2D eigenvalue weighted by molar-refractivity contribution is 6.38. The molecule has 2 aliphatic rings. The molecule has 1 N–H and O–H groups in total. The van der Waals surface area contributed by atoms with Crippen LogP contribution in [0.25, 0.3) is 11.0 Å². The maximum Gasteiger partial charge on any atom is 0.257 e. The highest BCUT2D eigenvalue weighted by atomic mass is 35.5. The first kappa shape index (κ1) is 19.7. The number of halogens is 3. The number of hydrogen-bond acceptors (Lipinski definition) is 5. The van der Waals surface area contributed by atoms with E-state index in [1.54, 1.807) is 23.2 Å². The van der Waals surface area contributed by atoms with Gasteiger partial charge in [-0.15, -0.1) is 0 Å². The summed E-state index contributed by atoms with van der Waals surface area (Å²) in [4.78, 5) is 21.4. The molecule has 0 radical (unpaired) electrons. The summed E-state index contributed by atoms with van der Waals surface area (Å²) in [6.07, 6.45) is 2.88. The van der Waals surface area contributed by atoms with Gasteiger partial charge in [-0.3, -0.25) is 14.8 Å². The Balaban J connectivity index is 1.28. The summed E-state index contributed by atoms with van der Waals surface area (Å²) in [5.74, 6) is -0.592. The Labute approximate surface area is 181 Å². The Hall–Kier alpha value is -2.26. The molecule has 0 bridgehead atoms. The number of benzene rings is 1. The molecule has 2 saturated heterocycles. The van der Waals surface area contributed by atoms with Crippen molar-refractivity contribution in [3.05, 3.63) is 57.6 Å². The zero-order valence-electron chi connectivity index (χ0n) is 15.8. The minimum atomic E-state index is -0.442. The fourth-order valence-corrected chi connectivity index (χ4v) is 4.53. The first-order valence-electron chi connectivity index (χ1n) is 9.58. The van der Waals surface area contributed by atoms with Crippen LogP contribution in [0.5, 0.6) is 0 Å². The lowest BCUT2D eigenvalue weighted by Gasteiger charge is -2.46. The Bertz CT molecular complexity index is 1120. The largest absolute Gasteiger partial charge is 0.370 e. The van der Waals surface area contributed by atoms with Gasteiger partial charge in [-0.1, -0.05) is 29.3 Å². The van der Waals surface area contributed by atoms with Crippen LogP contribution in [-0.4, -0.2) is 69.7 Å². The summed E-state index contributed by atoms with van der Waals surface area (Å²) >= 11 is 12.3. The Morgan fingerprint density at radius 2 is 2.10 bits per heavy atom. The van der Waals surface area contributed by atoms with E-state index in [1.165, 1.54) is 12.3 Å². The van der Waals surface area contributed by atoms with Gasteiger partial charge in [-0.05, 0) is 17.7 Å². The van der Waals surface area contributed by atoms with Crippen LogP contribution in [0.3, 0.4) is 0 Å². The quantitative estimate of drug-likeness (QED) is 0.649. The van der Waals surface area contributed by atoms with E-state index in [1.807, 2.05) is 0 Å². The van der Waals surface area contributed by atoms with Crippen LogP contribution in [0.4, 0.5) is 4.39 Å². The summed E-state index contributed by atoms with van der Waals surface area (Å²) in [6, 6.07) is 4.76. The third kappa shape index (κ3) is 3.43. The van der Waals surface area contributed by atoms with Crippen molar-refractivity contribution >= 4 is 40.1 Å². The number of ether oxygens (including phenoxy) is 1. The number of carbonyl (C=O) groups excluding carboxylic acids is 1. The molecule has 2 atom stereocenters. The maximum atomic E-state index is 13.4. The van der Waals surface area contributed by atoms with Crippen LogP contribution in [0, 0.1) is 5.82 Å². The molecule has 0 unspecified atom stereocenters. The topological polar surface area (TPSA) is 74.4 Å². The Kier molecular flexibility index (Phi) is 5.10. The average Bonchev–Trinajstić information content (AvgIpc) is 3.24. The highest BCUT2D eigenvalue weighted by Crippen LogP contribution is 2.30. The monoisotopic (exact) mass is 449 g/mol. The number of nitrogens with zero attached hydrogens (tertiary/aromatic N) is 4. The molecule has 3 aromatic rings. The normalized spacial score (nSPS) is 22.3. The Morgan fingerprint density at radius 1 is 1.23 bits per heavy atom. The molecule has 2 aliphatic heterocycles. The van der Waals surface area contributed by atoms with Crippen LogP contribution in [0.2, 0.25) is 10.0 Å². The van der Waals surface area contributed by atoms with Crippen LogP contribution < -0.4 is 0 Å². The number of rotatable bonds is 2. The van der Waals surface area contributed by atoms with Gasteiger partial charge in [0.2, 0.25) is 0 Å². The molecule has 0 saturated carbocycles. The lowest BCUT2D eigenvalue weighted by atomic mass is 10.0. The van der Waals surface area contributed by atoms with Crippen molar-refractivity contribution in [3.8, 4) is 0 Å². The number of piperazine rings is 1. The standard InChI is InChI=1S/C20H18Cl2FN5O2/c21-15-5-11(1-2-16(15)23)17-9-27-3-4-28(8-12(27)10-30-17)20(29)14-6-24-19-13(18(14)22)7-25-26-19/h1-2,5-7,12,17H,3-4,8-10H2,(H,24,25,26)/t12-,17-/m0/s1. The van der Waals surface area contributed by atoms with Crippen LogP contribution >= 0.6 is 23.2 Å². The zero-order chi connectivity index (χ0) is 20.8. The lowest BCUT2D eigenvalue weighted by molar-refractivity contribution is -0.0858. The number of aromatic nitrogens is 3. The summed E-state index contributed by atoms with van der Waals surface area (Å²) in [7, 11) is 0. The number of aromatic amines is 1. The summed E-state index contributed by atoms with van der Waals surface area (Å²) < 4.78 is 19.5. The van der Waals surface area contributed by atoms with Gasteiger partial charge in [0.05, 0.1) is 45.9 Å². The van der Waals surface area contributed by atoms with E-state index in [0.717, 1.165) is 5.56 Å². The molecular formula is C20H18Cl2FN5O2. The fourth-order valence-electron chi connectivity index (χ4n) is 4.07. The van der Waals surface area contributed by atoms with Crippen molar-refractivity contribution in [1.29, 1.82) is 0 Å². The van der Waals surface area contributed by atoms with E-state index in [0.29, 0.717) is 54.4 Å². The predicted molar refractivity (Wildman–Crippen MR) is 110 cm³/mol. The van der Waals surface area contributed by atoms with Crippen LogP contribution in [-0.2, 0) is 4.74 Å². The molecule has 7 nitrogen and oxygen atoms in total. The van der Waals surface area contributed by atoms with Gasteiger partial charge in [-0.2, -0.15) is 5.10 Å². The van der Waals surface area contributed by atoms with Gasteiger partial charge < -0.3 is 9.64 Å². The third-order valence-electron chi connectivity index (χ3n) is 5.74. The van der Waals surface area contributed by atoms with Gasteiger partial charge in [-0.25, -0.2) is 9.37 Å². The number of H-pyrrole nitrogens is 1. The van der Waals surface area contributed by atoms with Crippen molar-refractivity contribution in [2.45, 2.75) is 12.1 Å². The van der Waals surface area contributed by atoms with Crippen molar-refractivity contribution in [2.75, 3.05) is 32.8 Å². The molecule has 0 aliphatic carbocycles. The van der Waals surface area contributed by atoms with Crippen LogP contribution in [0.1, 0.15) is 22.0 Å². The number of pyridine rings is 1. The molecule has 4 heterocycles. The van der Waals surface area contributed by atoms with Crippen molar-refractivity contribution in [1.82, 2.24) is 25.0 Å². The van der Waals surface area contributed by atoms with E-state index >= 15 is 0 Å². The molecular weight excluding hydrogens is 432 g/mol. The molecule has 10 heteroatoms. The van der Waals surface area contributed by atoms with E-state index in [4.69, 9.17) is 27.9 Å². The number of nitrogens with one attached hydrogen (secondary N) is 1. The second-order valence-corrected chi connectivity index (χ2v) is 8.30. The predicted octanol–water partition coefficient (Wildman–Crippen LogP) is 3.30. The SMILES string of the molecule is O=C(c1cnc2[nH]ncc2c1Cl)N1CCN2C[C@@H](c3ccc(F)c(Cl)c3)OC[C@@H]2C1. The number of amides is 1. The van der Waals surface area contributed by atoms with Crippen LogP contribution in [0.15, 0.2) is 30.6 Å². The lowest BCUT2D eigenvalue weighted by Crippen LogP contribution is -2.59. The molecule has 1 amide bonds. The minimum absolute atomic E-state index is 0.0826. The zero-order valence-corrected chi connectivity index (χ0v) is 17.3. The third-order valence-corrected chi connectivity index (χ3v) is 6.44. The molecule has 0 spiro atoms. The smallest absolute Gasteiger partial charge is 0.257 e. The highest BCUT2D eigenvalue weighted by Gasteiger charge is 2.36. The number of fused-ring (bicyclic) bond motifs is 2. The minimum Gasteiger partial charge on any atom is -0.370 e. The summed E-state index contributed by atoms with van der Waals surface area (Å²) in [5.41, 5.74) is 1.77. The molecule has 30 heavy (non-hydrogen) atoms. The second-order valence-electron chi connectivity index (χ2n) is 7.51. The Morgan fingerprint density at radius 3 is 2.93 bits per heavy atom. The van der Waals surface area contributed by atoms with E-state index in [9.17, 15) is 9.18 Å². The van der Waals surface area contributed by atoms with Gasteiger partial charge in [0.25, 0.3) is 5.91 Å². The number of morpholine rings is 1. The molecule has 156 valence electrons. The second kappa shape index (κ2) is 7.77. The van der Waals surface area contributed by atoms with Gasteiger partial charge in [0, 0.05) is 32.4 Å². The van der Waals surface area contributed by atoms with Crippen molar-refractivity contribution < 1.29 is 13.9 Å². The molecule has 5 rings (SSSR count). The average molecular weight is 450 g/mol. The van der Waals surface area contributed by atoms with Gasteiger partial charge >= 0.3 is 0 Å². The summed E-state index contributed by atoms with van der Waals surface area (Å²) in [6.45, 7) is 2.96. The maximum absolute atomic E-state index is 13.4. The summed E-state index contributed by atoms with van der Waals surface area (Å²) in [5, 5.41) is 7.74. The van der Waals surface area contributed by atoms with Gasteiger partial charge in [0.15, 0.2) is 5.65 Å². The van der Waals surface area contributed by atoms with Crippen molar-refractivity contribution in [3.63, 3.8) is 0 Å². The molecule has 1 aromatic carbocycles. The van der Waals surface area contributed by atoms with E-state index in [2.05, 4.69) is 20.1 Å². The number of hydrogen-bond donors (Lipinski definition) is 1. The van der Waals surface area contributed by atoms with E-state index in [-0.39, 0.29) is 23.1 Å². The molecule has 2 aromatic heterocycles. The van der Waals surface area contributed by atoms with Crippen molar-refractivity contribution in [2.24, 2.45) is 0 Å².